The largest absolute Gasteiger partial charge is 0.363 e. The van der Waals surface area contributed by atoms with Crippen LogP contribution in [0, 0.1) is 0 Å². The van der Waals surface area contributed by atoms with Crippen molar-refractivity contribution in [2.75, 3.05) is 6.61 Å². The van der Waals surface area contributed by atoms with Gasteiger partial charge in [-0.25, -0.2) is 0 Å². The van der Waals surface area contributed by atoms with E-state index in [-0.39, 0.29) is 0 Å². The lowest BCUT2D eigenvalue weighted by Gasteiger charge is -2.25. The molecule has 0 radical (unpaired) electrons. The average molecular weight is 171 g/mol. The molecule has 0 bridgehead atoms. The molecule has 0 amide bonds. The Morgan fingerprint density at radius 3 is 2.22 bits per heavy atom. The van der Waals surface area contributed by atoms with Gasteiger partial charge in [0.15, 0.2) is 10.1 Å². The molecule has 1 N–H and O–H groups in total. The van der Waals surface area contributed by atoms with Crippen molar-refractivity contribution in [3.8, 4) is 0 Å². The van der Waals surface area contributed by atoms with Gasteiger partial charge in [-0.3, -0.25) is 0 Å². The molecule has 2 nitrogen and oxygen atoms in total. The summed E-state index contributed by atoms with van der Waals surface area (Å²) in [6.07, 6.45) is 0.475. The van der Waals surface area contributed by atoms with Crippen LogP contribution in [0.1, 0.15) is 13.3 Å². The van der Waals surface area contributed by atoms with Gasteiger partial charge in [0.05, 0.1) is 6.61 Å². The summed E-state index contributed by atoms with van der Waals surface area (Å²) in [7, 11) is 0. The average Bonchev–Trinajstić information content (AvgIpc) is 1.81. The Kier molecular flexibility index (Phi) is 1.68. The Morgan fingerprint density at radius 2 is 2.11 bits per heavy atom. The van der Waals surface area contributed by atoms with Gasteiger partial charge in [0.25, 0.3) is 0 Å². The second kappa shape index (κ2) is 1.99. The van der Waals surface area contributed by atoms with E-state index < -0.39 is 10.1 Å². The van der Waals surface area contributed by atoms with Crippen molar-refractivity contribution in [1.29, 1.82) is 0 Å². The number of halogens is 2. The van der Waals surface area contributed by atoms with E-state index >= 15 is 0 Å². The summed E-state index contributed by atoms with van der Waals surface area (Å²) < 4.78 is 3.72. The molecule has 1 unspecified atom stereocenters. The van der Waals surface area contributed by atoms with Crippen LogP contribution in [0.25, 0.3) is 0 Å². The van der Waals surface area contributed by atoms with Crippen LogP contribution in [-0.2, 0) is 4.74 Å². The van der Waals surface area contributed by atoms with Gasteiger partial charge in [0.2, 0.25) is 0 Å². The molecule has 1 aliphatic rings. The topological polar surface area (TPSA) is 29.5 Å². The maximum Gasteiger partial charge on any atom is 0.196 e. The minimum absolute atomic E-state index is 0.417. The molecule has 1 saturated heterocycles. The highest BCUT2D eigenvalue weighted by molar-refractivity contribution is 6.49. The van der Waals surface area contributed by atoms with Gasteiger partial charge in [-0.05, 0) is 6.92 Å². The third-order valence-corrected chi connectivity index (χ3v) is 2.56. The summed E-state index contributed by atoms with van der Waals surface area (Å²) in [5.74, 6) is -1.38. The SMILES string of the molecule is CC1(O)OCCC1(Cl)Cl. The first-order valence-corrected chi connectivity index (χ1v) is 3.45. The highest BCUT2D eigenvalue weighted by Gasteiger charge is 2.50. The molecule has 1 rings (SSSR count). The summed E-state index contributed by atoms with van der Waals surface area (Å²) in [5.41, 5.74) is 0. The van der Waals surface area contributed by atoms with Crippen LogP contribution in [-0.4, -0.2) is 21.8 Å². The fourth-order valence-corrected chi connectivity index (χ4v) is 0.979. The molecule has 1 fully saturated rings. The van der Waals surface area contributed by atoms with E-state index in [4.69, 9.17) is 27.9 Å². The first kappa shape index (κ1) is 7.61. The van der Waals surface area contributed by atoms with Crippen LogP contribution < -0.4 is 0 Å². The standard InChI is InChI=1S/C5H8Cl2O2/c1-4(8)5(6,7)2-3-9-4/h8H,2-3H2,1H3. The van der Waals surface area contributed by atoms with Gasteiger partial charge >= 0.3 is 0 Å². The Morgan fingerprint density at radius 1 is 1.56 bits per heavy atom. The molecule has 1 heterocycles. The number of ether oxygens (including phenoxy) is 1. The van der Waals surface area contributed by atoms with Gasteiger partial charge in [-0.2, -0.15) is 0 Å². The molecule has 0 saturated carbocycles. The summed E-state index contributed by atoms with van der Waals surface area (Å²) >= 11 is 11.3. The smallest absolute Gasteiger partial charge is 0.196 e. The van der Waals surface area contributed by atoms with E-state index in [9.17, 15) is 5.11 Å². The zero-order valence-electron chi connectivity index (χ0n) is 5.03. The Bertz CT molecular complexity index is 108. The van der Waals surface area contributed by atoms with Crippen molar-refractivity contribution in [2.24, 2.45) is 0 Å². The molecule has 0 aliphatic carbocycles. The van der Waals surface area contributed by atoms with Crippen LogP contribution in [0.15, 0.2) is 0 Å². The molecule has 9 heavy (non-hydrogen) atoms. The predicted molar refractivity (Wildman–Crippen MR) is 35.6 cm³/mol. The fourth-order valence-electron chi connectivity index (χ4n) is 0.715. The fraction of sp³-hybridized carbons (Fsp3) is 1.00. The van der Waals surface area contributed by atoms with Crippen molar-refractivity contribution < 1.29 is 9.84 Å². The van der Waals surface area contributed by atoms with Crippen molar-refractivity contribution >= 4 is 23.2 Å². The maximum absolute atomic E-state index is 9.24. The quantitative estimate of drug-likeness (QED) is 0.556. The van der Waals surface area contributed by atoms with Crippen LogP contribution in [0.2, 0.25) is 0 Å². The van der Waals surface area contributed by atoms with Crippen LogP contribution in [0.3, 0.4) is 0 Å². The van der Waals surface area contributed by atoms with E-state index in [0.717, 1.165) is 0 Å². The highest BCUT2D eigenvalue weighted by Crippen LogP contribution is 2.42. The van der Waals surface area contributed by atoms with Gasteiger partial charge in [0.1, 0.15) is 0 Å². The first-order valence-electron chi connectivity index (χ1n) is 2.70. The zero-order valence-corrected chi connectivity index (χ0v) is 6.54. The number of hydrogen-bond donors (Lipinski definition) is 1. The molecule has 0 aromatic rings. The van der Waals surface area contributed by atoms with Gasteiger partial charge < -0.3 is 9.84 Å². The van der Waals surface area contributed by atoms with Crippen LogP contribution >= 0.6 is 23.2 Å². The normalized spacial score (nSPS) is 41.3. The van der Waals surface area contributed by atoms with Crippen molar-refractivity contribution in [3.63, 3.8) is 0 Å². The predicted octanol–water partition coefficient (Wildman–Crippen LogP) is 1.29. The highest BCUT2D eigenvalue weighted by atomic mass is 35.5. The second-order valence-electron chi connectivity index (χ2n) is 2.29. The van der Waals surface area contributed by atoms with Crippen molar-refractivity contribution in [3.05, 3.63) is 0 Å². The second-order valence-corrected chi connectivity index (χ2v) is 3.77. The molecule has 4 heteroatoms. The van der Waals surface area contributed by atoms with Crippen LogP contribution in [0.5, 0.6) is 0 Å². The molecule has 54 valence electrons. The first-order chi connectivity index (χ1) is 3.96. The van der Waals surface area contributed by atoms with E-state index in [2.05, 4.69) is 0 Å². The third-order valence-electron chi connectivity index (χ3n) is 1.48. The van der Waals surface area contributed by atoms with Crippen LogP contribution in [0.4, 0.5) is 0 Å². The van der Waals surface area contributed by atoms with E-state index in [1.54, 1.807) is 0 Å². The van der Waals surface area contributed by atoms with Gasteiger partial charge in [-0.1, -0.05) is 23.2 Å². The van der Waals surface area contributed by atoms with E-state index in [1.165, 1.54) is 6.92 Å². The summed E-state index contributed by atoms with van der Waals surface area (Å²) in [6, 6.07) is 0. The lowest BCUT2D eigenvalue weighted by molar-refractivity contribution is -0.159. The molecule has 1 atom stereocenters. The minimum Gasteiger partial charge on any atom is -0.363 e. The van der Waals surface area contributed by atoms with Gasteiger partial charge in [0, 0.05) is 6.42 Å². The summed E-state index contributed by atoms with van der Waals surface area (Å²) in [5, 5.41) is 9.24. The van der Waals surface area contributed by atoms with Crippen molar-refractivity contribution in [2.45, 2.75) is 23.5 Å². The van der Waals surface area contributed by atoms with E-state index in [1.807, 2.05) is 0 Å². The number of aliphatic hydroxyl groups is 1. The summed E-state index contributed by atoms with van der Waals surface area (Å²) in [6.45, 7) is 1.88. The molecular weight excluding hydrogens is 163 g/mol. The lowest BCUT2D eigenvalue weighted by Crippen LogP contribution is -2.39. The van der Waals surface area contributed by atoms with E-state index in [0.29, 0.717) is 13.0 Å². The molecule has 0 spiro atoms. The monoisotopic (exact) mass is 170 g/mol. The van der Waals surface area contributed by atoms with Crippen molar-refractivity contribution in [1.82, 2.24) is 0 Å². The Hall–Kier alpha value is 0.500. The molecule has 1 aliphatic heterocycles. The maximum atomic E-state index is 9.24. The zero-order chi connectivity index (χ0) is 7.12. The summed E-state index contributed by atoms with van der Waals surface area (Å²) in [4.78, 5) is 0. The Balaban J connectivity index is 2.75. The number of rotatable bonds is 0. The number of alkyl halides is 2. The van der Waals surface area contributed by atoms with Gasteiger partial charge in [-0.15, -0.1) is 0 Å². The molecule has 0 aromatic heterocycles. The lowest BCUT2D eigenvalue weighted by atomic mass is 10.2. The Labute approximate surface area is 63.7 Å². The third kappa shape index (κ3) is 1.17. The number of hydrogen-bond acceptors (Lipinski definition) is 2. The molecular formula is C5H8Cl2O2. The minimum atomic E-state index is -1.38. The molecule has 0 aromatic carbocycles.